The lowest BCUT2D eigenvalue weighted by molar-refractivity contribution is 0.0880. The van der Waals surface area contributed by atoms with E-state index in [-0.39, 0.29) is 22.7 Å². The third-order valence-corrected chi connectivity index (χ3v) is 3.06. The molecule has 0 fully saturated rings. The van der Waals surface area contributed by atoms with Gasteiger partial charge in [-0.05, 0) is 24.3 Å². The van der Waals surface area contributed by atoms with Gasteiger partial charge in [-0.1, -0.05) is 0 Å². The molecule has 0 atom stereocenters. The van der Waals surface area contributed by atoms with Gasteiger partial charge in [0.25, 0.3) is 17.4 Å². The van der Waals surface area contributed by atoms with Gasteiger partial charge < -0.3 is 10.8 Å². The number of rotatable bonds is 1. The molecule has 1 aliphatic heterocycles. The van der Waals surface area contributed by atoms with Crippen LogP contribution in [-0.2, 0) is 0 Å². The number of amides is 2. The van der Waals surface area contributed by atoms with Crippen molar-refractivity contribution in [1.82, 2.24) is 9.88 Å². The lowest BCUT2D eigenvalue weighted by atomic mass is 10.1. The van der Waals surface area contributed by atoms with E-state index in [0.717, 1.165) is 10.6 Å². The van der Waals surface area contributed by atoms with Crippen LogP contribution in [0.5, 0.6) is 5.75 Å². The molecule has 2 heterocycles. The van der Waals surface area contributed by atoms with Gasteiger partial charge in [-0.3, -0.25) is 24.3 Å². The Bertz CT molecular complexity index is 806. The van der Waals surface area contributed by atoms with Crippen LogP contribution in [0.15, 0.2) is 35.1 Å². The third kappa shape index (κ3) is 1.57. The van der Waals surface area contributed by atoms with Crippen molar-refractivity contribution in [3.8, 4) is 11.4 Å². The number of hydrogen-bond donors (Lipinski definition) is 3. The Kier molecular flexibility index (Phi) is 2.37. The van der Waals surface area contributed by atoms with Gasteiger partial charge in [0.15, 0.2) is 0 Å². The number of phenols is 1. The number of nitrogens with one attached hydrogen (secondary N) is 1. The fourth-order valence-corrected chi connectivity index (χ4v) is 2.15. The number of pyridine rings is 1. The van der Waals surface area contributed by atoms with Crippen LogP contribution in [0.3, 0.4) is 0 Å². The van der Waals surface area contributed by atoms with Gasteiger partial charge in [-0.15, -0.1) is 0 Å². The zero-order valence-corrected chi connectivity index (χ0v) is 10.1. The minimum absolute atomic E-state index is 0.0114. The van der Waals surface area contributed by atoms with E-state index in [1.54, 1.807) is 0 Å². The summed E-state index contributed by atoms with van der Waals surface area (Å²) in [5.41, 5.74) is 5.67. The fourth-order valence-electron chi connectivity index (χ4n) is 2.15. The average Bonchev–Trinajstić information content (AvgIpc) is 2.67. The van der Waals surface area contributed by atoms with Crippen LogP contribution in [0, 0.1) is 0 Å². The molecule has 0 radical (unpaired) electrons. The number of carbonyl (C=O) groups is 2. The maximum absolute atomic E-state index is 12.1. The van der Waals surface area contributed by atoms with Gasteiger partial charge >= 0.3 is 0 Å². The molecule has 1 aromatic carbocycles. The molecule has 20 heavy (non-hydrogen) atoms. The molecule has 0 saturated carbocycles. The highest BCUT2D eigenvalue weighted by atomic mass is 16.3. The number of nitrogen functional groups attached to an aromatic ring is 1. The molecule has 7 heteroatoms. The van der Waals surface area contributed by atoms with E-state index in [0.29, 0.717) is 5.69 Å². The molecule has 1 aliphatic rings. The second kappa shape index (κ2) is 3.95. The van der Waals surface area contributed by atoms with Crippen molar-refractivity contribution in [2.75, 3.05) is 5.73 Å². The Morgan fingerprint density at radius 3 is 2.35 bits per heavy atom. The van der Waals surface area contributed by atoms with Crippen LogP contribution >= 0.6 is 0 Å². The monoisotopic (exact) mass is 271 g/mol. The van der Waals surface area contributed by atoms with E-state index in [4.69, 9.17) is 5.73 Å². The van der Waals surface area contributed by atoms with E-state index >= 15 is 0 Å². The Morgan fingerprint density at radius 1 is 1.05 bits per heavy atom. The van der Waals surface area contributed by atoms with Gasteiger partial charge in [0.05, 0.1) is 16.8 Å². The first kappa shape index (κ1) is 12.0. The molecule has 0 spiro atoms. The second-order valence-electron chi connectivity index (χ2n) is 4.29. The first-order valence-electron chi connectivity index (χ1n) is 5.69. The molecule has 7 nitrogen and oxygen atoms in total. The van der Waals surface area contributed by atoms with E-state index in [1.807, 2.05) is 0 Å². The normalized spacial score (nSPS) is 13.2. The Hall–Kier alpha value is -3.09. The summed E-state index contributed by atoms with van der Waals surface area (Å²) >= 11 is 0. The highest BCUT2D eigenvalue weighted by Gasteiger charge is 2.31. The van der Waals surface area contributed by atoms with Crippen LogP contribution in [0.4, 0.5) is 5.82 Å². The molecule has 0 aliphatic carbocycles. The van der Waals surface area contributed by atoms with Crippen LogP contribution in [-0.4, -0.2) is 21.5 Å². The highest BCUT2D eigenvalue weighted by Crippen LogP contribution is 2.23. The molecular formula is C13H9N3O4. The Labute approximate surface area is 112 Å². The van der Waals surface area contributed by atoms with Gasteiger partial charge in [-0.25, -0.2) is 0 Å². The highest BCUT2D eigenvalue weighted by molar-refractivity contribution is 6.23. The Balaban J connectivity index is 2.31. The number of phenolic OH excluding ortho intramolecular Hbond substituents is 1. The fraction of sp³-hybridized carbons (Fsp3) is 0. The molecular weight excluding hydrogens is 262 g/mol. The van der Waals surface area contributed by atoms with Gasteiger partial charge in [0, 0.05) is 6.07 Å². The molecule has 1 aromatic heterocycles. The van der Waals surface area contributed by atoms with Gasteiger partial charge in [0.1, 0.15) is 11.6 Å². The first-order chi connectivity index (χ1) is 9.49. The quantitative estimate of drug-likeness (QED) is 0.632. The number of imide groups is 1. The number of hydrogen-bond acceptors (Lipinski definition) is 5. The summed E-state index contributed by atoms with van der Waals surface area (Å²) in [6.45, 7) is 0. The van der Waals surface area contributed by atoms with E-state index in [2.05, 4.69) is 5.32 Å². The predicted octanol–water partition coefficient (Wildman–Crippen LogP) is 0.00890. The summed E-state index contributed by atoms with van der Waals surface area (Å²) in [4.78, 5) is 35.2. The van der Waals surface area contributed by atoms with E-state index in [1.165, 1.54) is 24.3 Å². The summed E-state index contributed by atoms with van der Waals surface area (Å²) in [7, 11) is 0. The zero-order valence-electron chi connectivity index (χ0n) is 10.1. The molecule has 4 N–H and O–H groups in total. The average molecular weight is 271 g/mol. The Morgan fingerprint density at radius 2 is 1.70 bits per heavy atom. The molecule has 3 rings (SSSR count). The van der Waals surface area contributed by atoms with Crippen LogP contribution in [0.1, 0.15) is 20.7 Å². The summed E-state index contributed by atoms with van der Waals surface area (Å²) < 4.78 is 1.11. The number of nitrogens with two attached hydrogens (primary N) is 1. The number of aromatic nitrogens is 1. The summed E-state index contributed by atoms with van der Waals surface area (Å²) in [6.07, 6.45) is 0. The first-order valence-corrected chi connectivity index (χ1v) is 5.69. The molecule has 0 bridgehead atoms. The minimum atomic E-state index is -0.633. The summed E-state index contributed by atoms with van der Waals surface area (Å²) in [6, 6.07) is 6.81. The summed E-state index contributed by atoms with van der Waals surface area (Å²) in [5, 5.41) is 11.3. The largest absolute Gasteiger partial charge is 0.508 e. The molecule has 2 amide bonds. The van der Waals surface area contributed by atoms with Gasteiger partial charge in [-0.2, -0.15) is 0 Å². The van der Waals surface area contributed by atoms with Crippen molar-refractivity contribution in [3.63, 3.8) is 0 Å². The van der Waals surface area contributed by atoms with Crippen LogP contribution in [0.25, 0.3) is 5.69 Å². The van der Waals surface area contributed by atoms with Gasteiger partial charge in [0.2, 0.25) is 0 Å². The third-order valence-electron chi connectivity index (χ3n) is 3.06. The molecule has 0 saturated heterocycles. The van der Waals surface area contributed by atoms with Crippen molar-refractivity contribution in [1.29, 1.82) is 0 Å². The van der Waals surface area contributed by atoms with Crippen molar-refractivity contribution < 1.29 is 14.7 Å². The number of carbonyl (C=O) groups excluding carboxylic acids is 2. The van der Waals surface area contributed by atoms with Crippen molar-refractivity contribution in [3.05, 3.63) is 51.8 Å². The number of anilines is 1. The minimum Gasteiger partial charge on any atom is -0.508 e. The smallest absolute Gasteiger partial charge is 0.262 e. The standard InChI is InChI=1S/C13H9N3O4/c14-11-10-8(12(19)15-13(10)20)5-9(18)16(11)6-1-3-7(17)4-2-6/h1-5,17H,14H2,(H,15,19,20). The number of benzene rings is 1. The molecule has 0 unspecified atom stereocenters. The summed E-state index contributed by atoms with van der Waals surface area (Å²) in [5.74, 6) is -1.34. The zero-order chi connectivity index (χ0) is 14.4. The molecule has 100 valence electrons. The number of aromatic hydroxyl groups is 1. The number of fused-ring (bicyclic) bond motifs is 1. The lowest BCUT2D eigenvalue weighted by Gasteiger charge is -2.11. The van der Waals surface area contributed by atoms with Crippen LogP contribution in [0.2, 0.25) is 0 Å². The maximum atomic E-state index is 12.1. The number of nitrogens with zero attached hydrogens (tertiary/aromatic N) is 1. The van der Waals surface area contributed by atoms with Crippen molar-refractivity contribution in [2.45, 2.75) is 0 Å². The van der Waals surface area contributed by atoms with Crippen molar-refractivity contribution >= 4 is 17.6 Å². The van der Waals surface area contributed by atoms with Crippen LogP contribution < -0.4 is 16.6 Å². The SMILES string of the molecule is Nc1c2c(cc(=O)n1-c1ccc(O)cc1)C(=O)NC2=O. The maximum Gasteiger partial charge on any atom is 0.262 e. The van der Waals surface area contributed by atoms with Crippen molar-refractivity contribution in [2.24, 2.45) is 0 Å². The topological polar surface area (TPSA) is 114 Å². The lowest BCUT2D eigenvalue weighted by Crippen LogP contribution is -2.23. The predicted molar refractivity (Wildman–Crippen MR) is 69.9 cm³/mol. The second-order valence-corrected chi connectivity index (χ2v) is 4.29. The van der Waals surface area contributed by atoms with E-state index < -0.39 is 17.4 Å². The van der Waals surface area contributed by atoms with E-state index in [9.17, 15) is 19.5 Å². The molecule has 2 aromatic rings.